The van der Waals surface area contributed by atoms with Gasteiger partial charge in [-0.3, -0.25) is 14.4 Å². The number of aromatic amines is 1. The van der Waals surface area contributed by atoms with Crippen LogP contribution in [0, 0.1) is 29.6 Å². The van der Waals surface area contributed by atoms with Crippen molar-refractivity contribution in [1.82, 2.24) is 15.3 Å². The van der Waals surface area contributed by atoms with E-state index < -0.39 is 6.04 Å². The molecule has 4 rings (SSSR count). The number of ketones is 1. The van der Waals surface area contributed by atoms with Gasteiger partial charge in [0.15, 0.2) is 5.78 Å². The number of nitrogens with zero attached hydrogens (tertiary/aromatic N) is 2. The van der Waals surface area contributed by atoms with E-state index >= 15 is 0 Å². The Morgan fingerprint density at radius 2 is 2.06 bits per heavy atom. The molecule has 8 nitrogen and oxygen atoms in total. The van der Waals surface area contributed by atoms with Gasteiger partial charge in [-0.2, -0.15) is 5.26 Å². The molecule has 0 saturated heterocycles. The number of fused-ring (bicyclic) bond motifs is 1. The van der Waals surface area contributed by atoms with Gasteiger partial charge in [0, 0.05) is 17.7 Å². The third-order valence-electron chi connectivity index (χ3n) is 6.46. The zero-order chi connectivity index (χ0) is 23.8. The molecule has 1 fully saturated rings. The summed E-state index contributed by atoms with van der Waals surface area (Å²) >= 11 is 0. The lowest BCUT2D eigenvalue weighted by Gasteiger charge is -2.28. The van der Waals surface area contributed by atoms with Crippen LogP contribution < -0.4 is 10.6 Å². The van der Waals surface area contributed by atoms with Gasteiger partial charge in [0.1, 0.15) is 23.5 Å². The zero-order valence-corrected chi connectivity index (χ0v) is 19.2. The van der Waals surface area contributed by atoms with Crippen LogP contribution in [0.25, 0.3) is 0 Å². The number of nitrogens with one attached hydrogen (secondary N) is 3. The Labute approximate surface area is 193 Å². The van der Waals surface area contributed by atoms with E-state index in [0.29, 0.717) is 47.7 Å². The molecule has 2 aromatic rings. The molecule has 172 valence electrons. The Kier molecular flexibility index (Phi) is 6.07. The number of hydrogen-bond acceptors (Lipinski definition) is 5. The number of H-pyrrole nitrogens is 1. The lowest BCUT2D eigenvalue weighted by atomic mass is 9.75. The fourth-order valence-corrected chi connectivity index (χ4v) is 4.53. The van der Waals surface area contributed by atoms with Gasteiger partial charge >= 0.3 is 0 Å². The highest BCUT2D eigenvalue weighted by molar-refractivity contribution is 6.06. The Hall–Kier alpha value is -3.47. The number of hydrogen-bond donors (Lipinski definition) is 3. The number of carbonyl (C=O) groups excluding carboxylic acids is 3. The monoisotopic (exact) mass is 447 g/mol. The van der Waals surface area contributed by atoms with Crippen LogP contribution in [0.3, 0.4) is 0 Å². The quantitative estimate of drug-likeness (QED) is 0.597. The molecule has 0 radical (unpaired) electrons. The second kappa shape index (κ2) is 8.81. The average Bonchev–Trinajstić information content (AvgIpc) is 3.52. The molecular formula is C25H29N5O3. The first-order chi connectivity index (χ1) is 15.7. The molecular weight excluding hydrogens is 418 g/mol. The minimum Gasteiger partial charge on any atom is -0.354 e. The molecule has 0 bridgehead atoms. The lowest BCUT2D eigenvalue weighted by Crippen LogP contribution is -2.44. The SMILES string of the molecule is Cc1c(C(=O)NC(CCC2CC2)C(=O)Nc2ccc(C#N)nc2)[nH]c2c1C(=O)CC(C)(C)C2. The number of nitriles is 1. The Balaban J connectivity index is 1.51. The van der Waals surface area contributed by atoms with Gasteiger partial charge in [0.25, 0.3) is 5.91 Å². The number of anilines is 1. The molecule has 2 aliphatic rings. The van der Waals surface area contributed by atoms with Crippen molar-refractivity contribution in [2.24, 2.45) is 11.3 Å². The Morgan fingerprint density at radius 3 is 2.70 bits per heavy atom. The van der Waals surface area contributed by atoms with Gasteiger partial charge in [-0.15, -0.1) is 0 Å². The van der Waals surface area contributed by atoms with Crippen molar-refractivity contribution in [2.75, 3.05) is 5.32 Å². The molecule has 2 amide bonds. The number of amides is 2. The maximum absolute atomic E-state index is 13.2. The summed E-state index contributed by atoms with van der Waals surface area (Å²) in [6.45, 7) is 5.86. The van der Waals surface area contributed by atoms with Crippen LogP contribution in [0.5, 0.6) is 0 Å². The van der Waals surface area contributed by atoms with Crippen molar-refractivity contribution in [3.05, 3.63) is 46.5 Å². The maximum atomic E-state index is 13.2. The average molecular weight is 448 g/mol. The Bertz CT molecular complexity index is 1140. The van der Waals surface area contributed by atoms with E-state index in [-0.39, 0.29) is 28.7 Å². The van der Waals surface area contributed by atoms with Crippen LogP contribution in [0.4, 0.5) is 5.69 Å². The minimum absolute atomic E-state index is 0.0467. The molecule has 1 saturated carbocycles. The second-order valence-corrected chi connectivity index (χ2v) is 10.00. The van der Waals surface area contributed by atoms with E-state index in [9.17, 15) is 14.4 Å². The van der Waals surface area contributed by atoms with Crippen LogP contribution in [0.15, 0.2) is 18.3 Å². The molecule has 2 aliphatic carbocycles. The topological polar surface area (TPSA) is 128 Å². The normalized spacial score (nSPS) is 17.6. The van der Waals surface area contributed by atoms with Crippen LogP contribution in [0.1, 0.15) is 83.7 Å². The van der Waals surface area contributed by atoms with E-state index in [1.165, 1.54) is 12.3 Å². The summed E-state index contributed by atoms with van der Waals surface area (Å²) in [5.41, 5.74) is 2.95. The maximum Gasteiger partial charge on any atom is 0.268 e. The third kappa shape index (κ3) is 5.14. The summed E-state index contributed by atoms with van der Waals surface area (Å²) in [6, 6.07) is 4.36. The molecule has 0 spiro atoms. The summed E-state index contributed by atoms with van der Waals surface area (Å²) in [5.74, 6) is -0.0679. The highest BCUT2D eigenvalue weighted by Gasteiger charge is 2.36. The molecule has 33 heavy (non-hydrogen) atoms. The predicted octanol–water partition coefficient (Wildman–Crippen LogP) is 3.67. The fraction of sp³-hybridized carbons (Fsp3) is 0.480. The number of aromatic nitrogens is 2. The second-order valence-electron chi connectivity index (χ2n) is 10.00. The van der Waals surface area contributed by atoms with E-state index in [1.807, 2.05) is 19.9 Å². The largest absolute Gasteiger partial charge is 0.354 e. The van der Waals surface area contributed by atoms with Crippen LogP contribution in [0.2, 0.25) is 0 Å². The molecule has 0 aliphatic heterocycles. The van der Waals surface area contributed by atoms with Gasteiger partial charge in [0.05, 0.1) is 11.9 Å². The van der Waals surface area contributed by atoms with Crippen molar-refractivity contribution in [1.29, 1.82) is 5.26 Å². The van der Waals surface area contributed by atoms with Crippen molar-refractivity contribution in [3.8, 4) is 6.07 Å². The molecule has 0 aromatic carbocycles. The number of rotatable bonds is 7. The smallest absolute Gasteiger partial charge is 0.268 e. The minimum atomic E-state index is -0.722. The van der Waals surface area contributed by atoms with Gasteiger partial charge in [0.2, 0.25) is 5.91 Å². The lowest BCUT2D eigenvalue weighted by molar-refractivity contribution is -0.118. The molecule has 2 aromatic heterocycles. The first-order valence-corrected chi connectivity index (χ1v) is 11.4. The number of pyridine rings is 1. The van der Waals surface area contributed by atoms with E-state index in [2.05, 4.69) is 20.6 Å². The zero-order valence-electron chi connectivity index (χ0n) is 19.2. The summed E-state index contributed by atoms with van der Waals surface area (Å²) in [6.07, 6.45) is 6.26. The van der Waals surface area contributed by atoms with Crippen LogP contribution in [-0.4, -0.2) is 33.6 Å². The standard InChI is InChI=1S/C25H29N5O3/c1-14-21-19(10-25(2,3)11-20(21)31)29-22(14)24(33)30-18(9-6-15-4-5-15)23(32)28-17-8-7-16(12-26)27-13-17/h7-8,13,15,18,29H,4-6,9-11H2,1-3H3,(H,28,32)(H,30,33). The van der Waals surface area contributed by atoms with Gasteiger partial charge in [-0.25, -0.2) is 4.98 Å². The predicted molar refractivity (Wildman–Crippen MR) is 123 cm³/mol. The molecule has 1 unspecified atom stereocenters. The highest BCUT2D eigenvalue weighted by Crippen LogP contribution is 2.37. The first kappa shape index (κ1) is 22.7. The van der Waals surface area contributed by atoms with E-state index in [4.69, 9.17) is 5.26 Å². The molecule has 8 heteroatoms. The molecule has 2 heterocycles. The summed E-state index contributed by atoms with van der Waals surface area (Å²) in [4.78, 5) is 46.0. The van der Waals surface area contributed by atoms with Gasteiger partial charge in [-0.05, 0) is 55.2 Å². The van der Waals surface area contributed by atoms with Crippen molar-refractivity contribution < 1.29 is 14.4 Å². The van der Waals surface area contributed by atoms with Crippen molar-refractivity contribution >= 4 is 23.3 Å². The van der Waals surface area contributed by atoms with E-state index in [1.54, 1.807) is 13.0 Å². The van der Waals surface area contributed by atoms with Crippen LogP contribution in [-0.2, 0) is 11.2 Å². The van der Waals surface area contributed by atoms with Crippen molar-refractivity contribution in [3.63, 3.8) is 0 Å². The van der Waals surface area contributed by atoms with E-state index in [0.717, 1.165) is 25.0 Å². The molecule has 3 N–H and O–H groups in total. The summed E-state index contributed by atoms with van der Waals surface area (Å²) < 4.78 is 0. The highest BCUT2D eigenvalue weighted by atomic mass is 16.2. The number of carbonyl (C=O) groups is 3. The van der Waals surface area contributed by atoms with Gasteiger partial charge < -0.3 is 15.6 Å². The number of Topliss-reactive ketones (excluding diaryl/α,β-unsaturated/α-hetero) is 1. The third-order valence-corrected chi connectivity index (χ3v) is 6.46. The first-order valence-electron chi connectivity index (χ1n) is 11.4. The van der Waals surface area contributed by atoms with Crippen molar-refractivity contribution in [2.45, 2.75) is 65.3 Å². The van der Waals surface area contributed by atoms with Crippen LogP contribution >= 0.6 is 0 Å². The molecule has 1 atom stereocenters. The Morgan fingerprint density at radius 1 is 1.30 bits per heavy atom. The summed E-state index contributed by atoms with van der Waals surface area (Å²) in [7, 11) is 0. The fourth-order valence-electron chi connectivity index (χ4n) is 4.53. The summed E-state index contributed by atoms with van der Waals surface area (Å²) in [5, 5.41) is 14.6. The van der Waals surface area contributed by atoms with Gasteiger partial charge in [-0.1, -0.05) is 26.7 Å².